The standard InChI is InChI=1S/C18H14O3/c19-17(18(20)21)16-10-4-3-9-15(16)14-11-5-7-12-6-1-2-8-13(12)14/h1-11,17,19H,(H,20,21). The van der Waals surface area contributed by atoms with Crippen molar-refractivity contribution in [3.05, 3.63) is 72.3 Å². The van der Waals surface area contributed by atoms with E-state index in [2.05, 4.69) is 0 Å². The van der Waals surface area contributed by atoms with E-state index in [0.717, 1.165) is 21.9 Å². The summed E-state index contributed by atoms with van der Waals surface area (Å²) in [6, 6.07) is 20.9. The highest BCUT2D eigenvalue weighted by Gasteiger charge is 2.20. The number of carboxylic acids is 1. The average Bonchev–Trinajstić information content (AvgIpc) is 2.53. The van der Waals surface area contributed by atoms with Gasteiger partial charge in [0.25, 0.3) is 0 Å². The van der Waals surface area contributed by atoms with E-state index in [-0.39, 0.29) is 0 Å². The molecule has 21 heavy (non-hydrogen) atoms. The molecule has 1 atom stereocenters. The number of aliphatic hydroxyl groups excluding tert-OH is 1. The van der Waals surface area contributed by atoms with Gasteiger partial charge in [-0.3, -0.25) is 0 Å². The molecule has 0 aliphatic rings. The zero-order chi connectivity index (χ0) is 14.8. The Balaban J connectivity index is 2.27. The molecule has 0 bridgehead atoms. The predicted octanol–water partition coefficient (Wildman–Crippen LogP) is 3.62. The van der Waals surface area contributed by atoms with Crippen LogP contribution in [0.1, 0.15) is 11.7 Å². The van der Waals surface area contributed by atoms with Gasteiger partial charge in [-0.2, -0.15) is 0 Å². The molecule has 3 heteroatoms. The van der Waals surface area contributed by atoms with Crippen molar-refractivity contribution in [2.45, 2.75) is 6.10 Å². The van der Waals surface area contributed by atoms with Crippen LogP contribution in [0.4, 0.5) is 0 Å². The number of aliphatic hydroxyl groups is 1. The Hall–Kier alpha value is -2.65. The lowest BCUT2D eigenvalue weighted by atomic mass is 9.92. The van der Waals surface area contributed by atoms with E-state index in [1.807, 2.05) is 54.6 Å². The zero-order valence-corrected chi connectivity index (χ0v) is 11.2. The maximum absolute atomic E-state index is 11.1. The molecule has 3 rings (SSSR count). The van der Waals surface area contributed by atoms with Crippen LogP contribution in [0, 0.1) is 0 Å². The van der Waals surface area contributed by atoms with Crippen LogP contribution in [-0.4, -0.2) is 16.2 Å². The number of rotatable bonds is 3. The van der Waals surface area contributed by atoms with Crippen LogP contribution in [0.2, 0.25) is 0 Å². The Morgan fingerprint density at radius 3 is 2.24 bits per heavy atom. The van der Waals surface area contributed by atoms with Crippen LogP contribution >= 0.6 is 0 Å². The summed E-state index contributed by atoms with van der Waals surface area (Å²) < 4.78 is 0. The van der Waals surface area contributed by atoms with Crippen molar-refractivity contribution in [3.8, 4) is 11.1 Å². The number of aliphatic carboxylic acids is 1. The minimum Gasteiger partial charge on any atom is -0.479 e. The van der Waals surface area contributed by atoms with E-state index < -0.39 is 12.1 Å². The summed E-state index contributed by atoms with van der Waals surface area (Å²) in [4.78, 5) is 11.1. The highest BCUT2D eigenvalue weighted by atomic mass is 16.4. The molecule has 0 saturated heterocycles. The maximum Gasteiger partial charge on any atom is 0.337 e. The minimum absolute atomic E-state index is 0.404. The minimum atomic E-state index is -1.53. The second kappa shape index (κ2) is 5.38. The van der Waals surface area contributed by atoms with Crippen molar-refractivity contribution in [3.63, 3.8) is 0 Å². The molecular weight excluding hydrogens is 264 g/mol. The summed E-state index contributed by atoms with van der Waals surface area (Å²) in [7, 11) is 0. The smallest absolute Gasteiger partial charge is 0.337 e. The average molecular weight is 278 g/mol. The molecule has 0 aromatic heterocycles. The molecular formula is C18H14O3. The second-order valence-corrected chi connectivity index (χ2v) is 4.85. The van der Waals surface area contributed by atoms with Crippen LogP contribution in [0.15, 0.2) is 66.7 Å². The maximum atomic E-state index is 11.1. The number of hydrogen-bond donors (Lipinski definition) is 2. The number of hydrogen-bond acceptors (Lipinski definition) is 2. The summed E-state index contributed by atoms with van der Waals surface area (Å²) in [6.45, 7) is 0. The van der Waals surface area contributed by atoms with Gasteiger partial charge < -0.3 is 10.2 Å². The molecule has 0 saturated carbocycles. The van der Waals surface area contributed by atoms with Gasteiger partial charge in [-0.05, 0) is 27.5 Å². The first-order chi connectivity index (χ1) is 10.2. The fourth-order valence-corrected chi connectivity index (χ4v) is 2.57. The molecule has 2 N–H and O–H groups in total. The third kappa shape index (κ3) is 2.39. The quantitative estimate of drug-likeness (QED) is 0.769. The van der Waals surface area contributed by atoms with E-state index in [0.29, 0.717) is 5.56 Å². The fraction of sp³-hybridized carbons (Fsp3) is 0.0556. The van der Waals surface area contributed by atoms with Gasteiger partial charge in [-0.1, -0.05) is 66.7 Å². The third-order valence-corrected chi connectivity index (χ3v) is 3.57. The van der Waals surface area contributed by atoms with Crippen molar-refractivity contribution < 1.29 is 15.0 Å². The molecule has 0 heterocycles. The Morgan fingerprint density at radius 1 is 0.810 bits per heavy atom. The lowest BCUT2D eigenvalue weighted by Gasteiger charge is -2.14. The topological polar surface area (TPSA) is 57.5 Å². The molecule has 0 aliphatic heterocycles. The molecule has 0 radical (unpaired) electrons. The van der Waals surface area contributed by atoms with Crippen LogP contribution in [0.25, 0.3) is 21.9 Å². The molecule has 3 aromatic carbocycles. The number of carbonyl (C=O) groups is 1. The highest BCUT2D eigenvalue weighted by Crippen LogP contribution is 2.33. The monoisotopic (exact) mass is 278 g/mol. The van der Waals surface area contributed by atoms with E-state index in [9.17, 15) is 9.90 Å². The van der Waals surface area contributed by atoms with Gasteiger partial charge in [0.15, 0.2) is 6.10 Å². The number of fused-ring (bicyclic) bond motifs is 1. The van der Waals surface area contributed by atoms with Crippen LogP contribution in [-0.2, 0) is 4.79 Å². The van der Waals surface area contributed by atoms with Gasteiger partial charge >= 0.3 is 5.97 Å². The van der Waals surface area contributed by atoms with E-state index >= 15 is 0 Å². The van der Waals surface area contributed by atoms with Crippen LogP contribution in [0.5, 0.6) is 0 Å². The Kier molecular flexibility index (Phi) is 3.42. The fourth-order valence-electron chi connectivity index (χ4n) is 2.57. The van der Waals surface area contributed by atoms with Gasteiger partial charge in [0.1, 0.15) is 0 Å². The Bertz CT molecular complexity index is 803. The summed E-state index contributed by atoms with van der Waals surface area (Å²) >= 11 is 0. The molecule has 0 aliphatic carbocycles. The molecule has 0 amide bonds. The van der Waals surface area contributed by atoms with Crippen LogP contribution < -0.4 is 0 Å². The van der Waals surface area contributed by atoms with Crippen molar-refractivity contribution >= 4 is 16.7 Å². The SMILES string of the molecule is O=C(O)C(O)c1ccccc1-c1cccc2ccccc12. The first-order valence-corrected chi connectivity index (χ1v) is 6.66. The van der Waals surface area contributed by atoms with E-state index in [1.54, 1.807) is 12.1 Å². The van der Waals surface area contributed by atoms with Gasteiger partial charge in [-0.25, -0.2) is 4.79 Å². The normalized spacial score (nSPS) is 12.2. The van der Waals surface area contributed by atoms with Gasteiger partial charge in [0.2, 0.25) is 0 Å². The Morgan fingerprint density at radius 2 is 1.43 bits per heavy atom. The van der Waals surface area contributed by atoms with Gasteiger partial charge in [-0.15, -0.1) is 0 Å². The summed E-state index contributed by atoms with van der Waals surface area (Å²) in [5.74, 6) is -1.25. The number of benzene rings is 3. The number of carboxylic acid groups (broad SMARTS) is 1. The lowest BCUT2D eigenvalue weighted by molar-refractivity contribution is -0.146. The van der Waals surface area contributed by atoms with Crippen molar-refractivity contribution in [1.29, 1.82) is 0 Å². The molecule has 0 spiro atoms. The summed E-state index contributed by atoms with van der Waals surface area (Å²) in [5, 5.41) is 21.1. The van der Waals surface area contributed by atoms with Gasteiger partial charge in [0, 0.05) is 0 Å². The Labute approximate surface area is 122 Å². The van der Waals surface area contributed by atoms with Gasteiger partial charge in [0.05, 0.1) is 0 Å². The van der Waals surface area contributed by atoms with Crippen molar-refractivity contribution in [1.82, 2.24) is 0 Å². The molecule has 1 unspecified atom stereocenters. The van der Waals surface area contributed by atoms with E-state index in [1.165, 1.54) is 0 Å². The van der Waals surface area contributed by atoms with E-state index in [4.69, 9.17) is 5.11 Å². The summed E-state index contributed by atoms with van der Waals surface area (Å²) in [5.41, 5.74) is 2.06. The molecule has 3 nitrogen and oxygen atoms in total. The molecule has 104 valence electrons. The molecule has 3 aromatic rings. The summed E-state index contributed by atoms with van der Waals surface area (Å²) in [6.07, 6.45) is -1.53. The first-order valence-electron chi connectivity index (χ1n) is 6.66. The predicted molar refractivity (Wildman–Crippen MR) is 82.0 cm³/mol. The largest absolute Gasteiger partial charge is 0.479 e. The third-order valence-electron chi connectivity index (χ3n) is 3.57. The van der Waals surface area contributed by atoms with Crippen LogP contribution in [0.3, 0.4) is 0 Å². The van der Waals surface area contributed by atoms with Crippen molar-refractivity contribution in [2.75, 3.05) is 0 Å². The lowest BCUT2D eigenvalue weighted by Crippen LogP contribution is -2.11. The zero-order valence-electron chi connectivity index (χ0n) is 11.2. The second-order valence-electron chi connectivity index (χ2n) is 4.85. The van der Waals surface area contributed by atoms with Crippen molar-refractivity contribution in [2.24, 2.45) is 0 Å². The highest BCUT2D eigenvalue weighted by molar-refractivity contribution is 5.98. The first kappa shape index (κ1) is 13.3. The molecule has 0 fully saturated rings.